The first-order chi connectivity index (χ1) is 29.2. The Labute approximate surface area is 364 Å². The molecule has 0 saturated carbocycles. The van der Waals surface area contributed by atoms with E-state index in [1.165, 1.54) is 11.1 Å². The molecular weight excluding hydrogens is 917 g/mol. The molecule has 0 aliphatic heterocycles. The Morgan fingerprint density at radius 3 is 1.27 bits per heavy atom. The maximum atomic E-state index is 4.08. The quantitative estimate of drug-likeness (QED) is 0.118. The normalized spacial score (nSPS) is 10.4. The first-order valence-corrected chi connectivity index (χ1v) is 19.1. The molecule has 1 radical (unpaired) electrons. The molecule has 9 heteroatoms. The Morgan fingerprint density at radius 1 is 0.483 bits per heavy atom. The molecule has 8 nitrogen and oxygen atoms in total. The molecule has 4 aromatic heterocycles. The van der Waals surface area contributed by atoms with Crippen LogP contribution in [0.25, 0.3) is 67.8 Å². The van der Waals surface area contributed by atoms with Crippen molar-refractivity contribution in [1.82, 2.24) is 29.5 Å². The molecule has 10 rings (SSSR count). The van der Waals surface area contributed by atoms with Gasteiger partial charge in [0.25, 0.3) is 0 Å². The zero-order chi connectivity index (χ0) is 40.2. The minimum atomic E-state index is 0. The first kappa shape index (κ1) is 40.9. The molecule has 0 aliphatic rings. The predicted octanol–water partition coefficient (Wildman–Crippen LogP) is 8.97. The van der Waals surface area contributed by atoms with E-state index in [0.717, 1.165) is 51.0 Å². The van der Waals surface area contributed by atoms with E-state index in [0.29, 0.717) is 5.69 Å². The van der Waals surface area contributed by atoms with Crippen LogP contribution in [0.2, 0.25) is 0 Å². The van der Waals surface area contributed by atoms with Gasteiger partial charge in [-0.2, -0.15) is 60.7 Å². The number of para-hydroxylation sites is 2. The zero-order valence-corrected chi connectivity index (χ0v) is 35.4. The van der Waals surface area contributed by atoms with Crippen LogP contribution < -0.4 is 14.2 Å². The third-order valence-electron chi connectivity index (χ3n) is 9.43. The molecule has 295 valence electrons. The molecule has 6 aromatic carbocycles. The van der Waals surface area contributed by atoms with E-state index in [9.17, 15) is 0 Å². The number of hydrogen-bond acceptors (Lipinski definition) is 3. The van der Waals surface area contributed by atoms with Crippen molar-refractivity contribution >= 4 is 0 Å². The fourth-order valence-electron chi connectivity index (χ4n) is 6.81. The van der Waals surface area contributed by atoms with Crippen LogP contribution in [-0.2, 0) is 34.2 Å². The molecule has 60 heavy (non-hydrogen) atoms. The fourth-order valence-corrected chi connectivity index (χ4v) is 6.81. The van der Waals surface area contributed by atoms with Gasteiger partial charge in [0.15, 0.2) is 0 Å². The maximum Gasteiger partial charge on any atom is 0.242 e. The summed E-state index contributed by atoms with van der Waals surface area (Å²) in [4.78, 5) is 4.08. The summed E-state index contributed by atoms with van der Waals surface area (Å²) in [7, 11) is 4.07. The number of hydrogen-bond donors (Lipinski definition) is 0. The van der Waals surface area contributed by atoms with Crippen molar-refractivity contribution in [3.05, 3.63) is 225 Å². The van der Waals surface area contributed by atoms with E-state index in [1.54, 1.807) is 12.4 Å². The number of pyridine rings is 1. The Hall–Kier alpha value is -7.32. The van der Waals surface area contributed by atoms with Crippen LogP contribution in [0, 0.1) is 24.8 Å². The monoisotopic (exact) mass is 956 g/mol. The number of nitrogens with zero attached hydrogens (tertiary/aromatic N) is 8. The molecule has 0 bridgehead atoms. The zero-order valence-electron chi connectivity index (χ0n) is 33.0. The molecule has 0 atom stereocenters. The molecule has 0 saturated heterocycles. The summed E-state index contributed by atoms with van der Waals surface area (Å²) >= 11 is 0. The van der Waals surface area contributed by atoms with Crippen LogP contribution in [0.4, 0.5) is 0 Å². The van der Waals surface area contributed by atoms with Gasteiger partial charge in [0, 0.05) is 26.3 Å². The van der Waals surface area contributed by atoms with Crippen LogP contribution in [0.1, 0.15) is 0 Å². The summed E-state index contributed by atoms with van der Waals surface area (Å²) in [5.74, 6) is 0. The van der Waals surface area contributed by atoms with Crippen molar-refractivity contribution < 1.29 is 29.2 Å². The average Bonchev–Trinajstić information content (AvgIpc) is 4.07. The van der Waals surface area contributed by atoms with Crippen molar-refractivity contribution in [2.45, 2.75) is 0 Å². The average molecular weight is 956 g/mol. The third-order valence-corrected chi connectivity index (χ3v) is 9.43. The van der Waals surface area contributed by atoms with Crippen LogP contribution >= 0.6 is 0 Å². The van der Waals surface area contributed by atoms with Gasteiger partial charge >= 0.3 is 0 Å². The van der Waals surface area contributed by atoms with Gasteiger partial charge in [0.2, 0.25) is 12.7 Å². The minimum Gasteiger partial charge on any atom is -0.358 e. The number of aryl methyl sites for hydroxylation is 2. The summed E-state index contributed by atoms with van der Waals surface area (Å²) in [6.45, 7) is 0. The standard InChI is InChI=1S/2C22H17N2.C7H5N4.Ir/c2*1-23-17-24(20-15-9-4-10-16-20)22(19-13-7-3-8-14-19)21(23)18-11-5-2-6-12-18;1-2-4-8-6(3-1)7-5-9-11-10-7;/h2*2-15H,1H3;1-5H;/q3*-1;. The number of aromatic nitrogens is 8. The van der Waals surface area contributed by atoms with Gasteiger partial charge in [-0.3, -0.25) is 10.2 Å². The van der Waals surface area contributed by atoms with Crippen molar-refractivity contribution in [3.63, 3.8) is 0 Å². The molecule has 10 aromatic rings. The Kier molecular flexibility index (Phi) is 13.5. The van der Waals surface area contributed by atoms with E-state index in [4.69, 9.17) is 0 Å². The molecule has 0 N–H and O–H groups in total. The summed E-state index contributed by atoms with van der Waals surface area (Å²) in [6.07, 6.45) is 10.2. The van der Waals surface area contributed by atoms with Gasteiger partial charge in [-0.05, 0) is 40.1 Å². The van der Waals surface area contributed by atoms with Crippen molar-refractivity contribution in [3.8, 4) is 67.8 Å². The third kappa shape index (κ3) is 9.35. The first-order valence-electron chi connectivity index (χ1n) is 19.1. The van der Waals surface area contributed by atoms with Crippen LogP contribution in [0.5, 0.6) is 0 Å². The number of benzene rings is 6. The topological polar surface area (TPSA) is 70.4 Å². The predicted molar refractivity (Wildman–Crippen MR) is 230 cm³/mol. The number of rotatable bonds is 7. The van der Waals surface area contributed by atoms with Crippen molar-refractivity contribution in [2.24, 2.45) is 14.1 Å². The van der Waals surface area contributed by atoms with E-state index in [-0.39, 0.29) is 20.1 Å². The second-order valence-corrected chi connectivity index (χ2v) is 13.4. The van der Waals surface area contributed by atoms with Gasteiger partial charge < -0.3 is 28.5 Å². The molecule has 0 aliphatic carbocycles. The Balaban J connectivity index is 0.000000144. The van der Waals surface area contributed by atoms with E-state index >= 15 is 0 Å². The van der Waals surface area contributed by atoms with E-state index in [2.05, 4.69) is 173 Å². The maximum absolute atomic E-state index is 4.08. The summed E-state index contributed by atoms with van der Waals surface area (Å²) in [5.41, 5.74) is 12.6. The largest absolute Gasteiger partial charge is 0.358 e. The second kappa shape index (κ2) is 19.9. The molecular formula is C51H39IrN8-3. The van der Waals surface area contributed by atoms with Crippen molar-refractivity contribution in [2.75, 3.05) is 0 Å². The fraction of sp³-hybridized carbons (Fsp3) is 0.0392. The van der Waals surface area contributed by atoms with Gasteiger partial charge in [-0.15, -0.1) is 0 Å². The molecule has 4 heterocycles. The van der Waals surface area contributed by atoms with Gasteiger partial charge in [-0.1, -0.05) is 145 Å². The van der Waals surface area contributed by atoms with Gasteiger partial charge in [0.1, 0.15) is 0 Å². The molecule has 0 unspecified atom stereocenters. The van der Waals surface area contributed by atoms with Crippen molar-refractivity contribution in [1.29, 1.82) is 0 Å². The summed E-state index contributed by atoms with van der Waals surface area (Å²) in [6, 6.07) is 70.0. The van der Waals surface area contributed by atoms with Crippen LogP contribution in [-0.4, -0.2) is 24.4 Å². The minimum absolute atomic E-state index is 0. The summed E-state index contributed by atoms with van der Waals surface area (Å²) < 4.78 is 8.27. The second-order valence-electron chi connectivity index (χ2n) is 13.4. The molecule has 0 fully saturated rings. The Bertz CT molecular complexity index is 2630. The van der Waals surface area contributed by atoms with Gasteiger partial charge in [0.05, 0.1) is 42.6 Å². The summed E-state index contributed by atoms with van der Waals surface area (Å²) in [5, 5.41) is 10.8. The smallest absolute Gasteiger partial charge is 0.242 e. The van der Waals surface area contributed by atoms with Crippen LogP contribution in [0.3, 0.4) is 0 Å². The van der Waals surface area contributed by atoms with E-state index in [1.807, 2.05) is 93.0 Å². The number of imidazole rings is 2. The molecule has 0 spiro atoms. The van der Waals surface area contributed by atoms with Gasteiger partial charge in [-0.25, -0.2) is 0 Å². The van der Waals surface area contributed by atoms with Crippen LogP contribution in [0.15, 0.2) is 200 Å². The Morgan fingerprint density at radius 2 is 0.900 bits per heavy atom. The van der Waals surface area contributed by atoms with E-state index < -0.39 is 0 Å². The SMILES string of the molecule is C[n+]1[c-]n(-c2[c-]cccc2)c(-c2ccccc2)c1-c1ccccc1.C[n+]1[c-]n(-c2[c-]cccc2)c(-c2ccccc2)c1-c1ccccc1.[Ir].c1ccc(-c2cnn[n-]2)nc1. The molecule has 0 amide bonds.